The van der Waals surface area contributed by atoms with Crippen LogP contribution in [0.15, 0.2) is 23.0 Å². The molecule has 1 aromatic carbocycles. The topological polar surface area (TPSA) is 100 Å². The highest BCUT2D eigenvalue weighted by molar-refractivity contribution is 6.42. The first-order chi connectivity index (χ1) is 16.7. The van der Waals surface area contributed by atoms with Gasteiger partial charge in [-0.2, -0.15) is 5.10 Å². The lowest BCUT2D eigenvalue weighted by Crippen LogP contribution is -2.44. The van der Waals surface area contributed by atoms with E-state index in [1.165, 1.54) is 0 Å². The van der Waals surface area contributed by atoms with E-state index in [4.69, 9.17) is 38.0 Å². The van der Waals surface area contributed by atoms with E-state index in [-0.39, 0.29) is 35.8 Å². The van der Waals surface area contributed by atoms with E-state index in [1.54, 1.807) is 16.8 Å². The predicted octanol–water partition coefficient (Wildman–Crippen LogP) is 4.10. The van der Waals surface area contributed by atoms with Gasteiger partial charge >= 0.3 is 0 Å². The lowest BCUT2D eigenvalue weighted by atomic mass is 9.91. The van der Waals surface area contributed by atoms with Crippen molar-refractivity contribution in [2.75, 3.05) is 51.3 Å². The zero-order valence-corrected chi connectivity index (χ0v) is 24.4. The first-order valence-electron chi connectivity index (χ1n) is 11.9. The van der Waals surface area contributed by atoms with Crippen molar-refractivity contribution in [3.8, 4) is 0 Å². The molecule has 3 N–H and O–H groups in total. The van der Waals surface area contributed by atoms with Crippen molar-refractivity contribution >= 4 is 65.0 Å². The average molecular weight is 595 g/mol. The zero-order chi connectivity index (χ0) is 25.0. The molecule has 1 aliphatic rings. The quantitative estimate of drug-likeness (QED) is 0.321. The third-order valence-corrected chi connectivity index (χ3v) is 6.70. The highest BCUT2D eigenvalue weighted by atomic mass is 35.5. The van der Waals surface area contributed by atoms with Gasteiger partial charge in [-0.25, -0.2) is 4.98 Å². The van der Waals surface area contributed by atoms with Crippen LogP contribution >= 0.6 is 48.0 Å². The van der Waals surface area contributed by atoms with Gasteiger partial charge < -0.3 is 15.4 Å². The molecule has 0 radical (unpaired) electrons. The molecule has 0 saturated carbocycles. The standard InChI is InChI=1S/C24H33Cl2N7O2.2ClH/c1-24(2,3)21-19-20(33(31-21)11-13-35-12-10-32-8-6-27-7-9-32)22(34)30-23(29-19)28-15-16-4-5-17(25)18(26)14-16;;/h4-5,14,27H,6-13,15H2,1-3H3,(H2,28,29,30,34);2*1H. The summed E-state index contributed by atoms with van der Waals surface area (Å²) in [6.07, 6.45) is 0. The van der Waals surface area contributed by atoms with Crippen molar-refractivity contribution < 1.29 is 4.74 Å². The van der Waals surface area contributed by atoms with E-state index < -0.39 is 0 Å². The molecule has 0 bridgehead atoms. The Bertz CT molecular complexity index is 1220. The monoisotopic (exact) mass is 593 g/mol. The highest BCUT2D eigenvalue weighted by Crippen LogP contribution is 2.27. The van der Waals surface area contributed by atoms with E-state index in [0.29, 0.717) is 53.3 Å². The van der Waals surface area contributed by atoms with Gasteiger partial charge in [0.2, 0.25) is 5.95 Å². The summed E-state index contributed by atoms with van der Waals surface area (Å²) < 4.78 is 7.58. The van der Waals surface area contributed by atoms with E-state index in [1.807, 2.05) is 6.07 Å². The van der Waals surface area contributed by atoms with Crippen LogP contribution < -0.4 is 16.2 Å². The summed E-state index contributed by atoms with van der Waals surface area (Å²) in [4.78, 5) is 23.0. The fourth-order valence-electron chi connectivity index (χ4n) is 4.06. The van der Waals surface area contributed by atoms with Crippen LogP contribution in [0, 0.1) is 0 Å². The third-order valence-electron chi connectivity index (χ3n) is 5.96. The minimum Gasteiger partial charge on any atom is -0.378 e. The second-order valence-corrected chi connectivity index (χ2v) is 10.6. The number of aromatic nitrogens is 4. The van der Waals surface area contributed by atoms with Gasteiger partial charge in [-0.05, 0) is 17.7 Å². The van der Waals surface area contributed by atoms with Crippen LogP contribution in [0.5, 0.6) is 0 Å². The largest absolute Gasteiger partial charge is 0.378 e. The lowest BCUT2D eigenvalue weighted by Gasteiger charge is -2.26. The second-order valence-electron chi connectivity index (χ2n) is 9.74. The van der Waals surface area contributed by atoms with Gasteiger partial charge in [0.1, 0.15) is 5.52 Å². The van der Waals surface area contributed by atoms with Crippen molar-refractivity contribution in [2.24, 2.45) is 0 Å². The molecule has 1 aliphatic heterocycles. The lowest BCUT2D eigenvalue weighted by molar-refractivity contribution is 0.0925. The molecule has 0 aliphatic carbocycles. The fraction of sp³-hybridized carbons (Fsp3) is 0.542. The Kier molecular flexibility index (Phi) is 12.0. The van der Waals surface area contributed by atoms with Crippen molar-refractivity contribution in [2.45, 2.75) is 39.3 Å². The van der Waals surface area contributed by atoms with Crippen LogP contribution in [0.3, 0.4) is 0 Å². The number of hydrogen-bond acceptors (Lipinski definition) is 7. The van der Waals surface area contributed by atoms with Crippen molar-refractivity contribution in [1.29, 1.82) is 0 Å². The number of fused-ring (bicyclic) bond motifs is 1. The van der Waals surface area contributed by atoms with Crippen LogP contribution in [0.2, 0.25) is 10.0 Å². The second kappa shape index (κ2) is 14.0. The van der Waals surface area contributed by atoms with Crippen LogP contribution in [0.25, 0.3) is 11.0 Å². The third kappa shape index (κ3) is 8.20. The maximum absolute atomic E-state index is 13.1. The summed E-state index contributed by atoms with van der Waals surface area (Å²) >= 11 is 12.1. The van der Waals surface area contributed by atoms with Gasteiger partial charge in [0.05, 0.1) is 35.5 Å². The molecule has 206 valence electrons. The molecule has 0 unspecified atom stereocenters. The van der Waals surface area contributed by atoms with E-state index >= 15 is 0 Å². The average Bonchev–Trinajstić information content (AvgIpc) is 3.20. The van der Waals surface area contributed by atoms with Crippen LogP contribution in [0.4, 0.5) is 5.95 Å². The molecular weight excluding hydrogens is 560 g/mol. The van der Waals surface area contributed by atoms with Crippen molar-refractivity contribution in [1.82, 2.24) is 30.0 Å². The molecule has 0 atom stereocenters. The molecule has 4 rings (SSSR count). The number of rotatable bonds is 9. The number of nitrogens with zero attached hydrogens (tertiary/aromatic N) is 4. The molecule has 1 saturated heterocycles. The Morgan fingerprint density at radius 2 is 1.78 bits per heavy atom. The summed E-state index contributed by atoms with van der Waals surface area (Å²) in [7, 11) is 0. The van der Waals surface area contributed by atoms with Gasteiger partial charge in [0.25, 0.3) is 5.56 Å². The fourth-order valence-corrected chi connectivity index (χ4v) is 4.38. The zero-order valence-electron chi connectivity index (χ0n) is 21.3. The first kappa shape index (κ1) is 31.6. The minimum absolute atomic E-state index is 0. The normalized spacial score (nSPS) is 14.3. The van der Waals surface area contributed by atoms with Gasteiger partial charge in [0, 0.05) is 44.7 Å². The number of benzene rings is 1. The van der Waals surface area contributed by atoms with Crippen molar-refractivity contribution in [3.63, 3.8) is 0 Å². The van der Waals surface area contributed by atoms with Crippen LogP contribution in [0.1, 0.15) is 32.0 Å². The molecule has 1 fully saturated rings. The van der Waals surface area contributed by atoms with Crippen LogP contribution in [-0.2, 0) is 23.2 Å². The number of hydrogen-bond donors (Lipinski definition) is 3. The molecule has 0 amide bonds. The number of H-pyrrole nitrogens is 1. The number of ether oxygens (including phenoxy) is 1. The Morgan fingerprint density at radius 1 is 1.08 bits per heavy atom. The number of anilines is 1. The van der Waals surface area contributed by atoms with Gasteiger partial charge in [-0.3, -0.25) is 19.4 Å². The SMILES string of the molecule is CC(C)(C)c1nn(CCOCCN2CCNCC2)c2c(=O)[nH]c(NCc3ccc(Cl)c(Cl)c3)nc12.Cl.Cl. The smallest absolute Gasteiger partial charge is 0.278 e. The maximum atomic E-state index is 13.1. The predicted molar refractivity (Wildman–Crippen MR) is 155 cm³/mol. The molecule has 9 nitrogen and oxygen atoms in total. The summed E-state index contributed by atoms with van der Waals surface area (Å²) in [6.45, 7) is 13.3. The van der Waals surface area contributed by atoms with Crippen molar-refractivity contribution in [3.05, 3.63) is 49.9 Å². The summed E-state index contributed by atoms with van der Waals surface area (Å²) in [5.41, 5.74) is 2.23. The van der Waals surface area contributed by atoms with E-state index in [0.717, 1.165) is 44.0 Å². The molecule has 3 aromatic rings. The highest BCUT2D eigenvalue weighted by Gasteiger charge is 2.25. The Labute approximate surface area is 239 Å². The number of aromatic amines is 1. The maximum Gasteiger partial charge on any atom is 0.278 e. The first-order valence-corrected chi connectivity index (χ1v) is 12.7. The Balaban J connectivity index is 0.00000241. The molecule has 2 aromatic heterocycles. The molecule has 0 spiro atoms. The summed E-state index contributed by atoms with van der Waals surface area (Å²) in [6, 6.07) is 5.40. The molecular formula is C24H35Cl4N7O2. The number of piperazine rings is 1. The number of halogens is 4. The Hall–Kier alpha value is -1.59. The van der Waals surface area contributed by atoms with Gasteiger partial charge in [-0.1, -0.05) is 50.0 Å². The van der Waals surface area contributed by atoms with Gasteiger partial charge in [-0.15, -0.1) is 24.8 Å². The van der Waals surface area contributed by atoms with Gasteiger partial charge in [0.15, 0.2) is 5.52 Å². The molecule has 37 heavy (non-hydrogen) atoms. The minimum atomic E-state index is -0.283. The summed E-state index contributed by atoms with van der Waals surface area (Å²) in [5.74, 6) is 0.380. The Morgan fingerprint density at radius 3 is 2.46 bits per heavy atom. The molecule has 13 heteroatoms. The van der Waals surface area contributed by atoms with E-state index in [9.17, 15) is 4.79 Å². The molecule has 3 heterocycles. The number of nitrogens with one attached hydrogen (secondary N) is 3. The van der Waals surface area contributed by atoms with E-state index in [2.05, 4.69) is 41.3 Å². The van der Waals surface area contributed by atoms with Crippen LogP contribution in [-0.4, -0.2) is 70.6 Å². The summed E-state index contributed by atoms with van der Waals surface area (Å²) in [5, 5.41) is 12.3.